The molecule has 0 aromatic carbocycles. The van der Waals surface area contributed by atoms with E-state index in [2.05, 4.69) is 30.7 Å². The summed E-state index contributed by atoms with van der Waals surface area (Å²) in [6.07, 6.45) is 1.32. The zero-order chi connectivity index (χ0) is 11.4. The van der Waals surface area contributed by atoms with Gasteiger partial charge in [-0.3, -0.25) is 0 Å². The summed E-state index contributed by atoms with van der Waals surface area (Å²) in [7, 11) is 0. The van der Waals surface area contributed by atoms with Gasteiger partial charge in [-0.2, -0.15) is 0 Å². The first kappa shape index (κ1) is 12.0. The van der Waals surface area contributed by atoms with Gasteiger partial charge in [0, 0.05) is 18.8 Å². The maximum atomic E-state index is 9.49. The monoisotopic (exact) mass is 208 g/mol. The van der Waals surface area contributed by atoms with Crippen LogP contribution in [0.5, 0.6) is 0 Å². The van der Waals surface area contributed by atoms with Gasteiger partial charge in [-0.05, 0) is 45.4 Å². The van der Waals surface area contributed by atoms with Crippen molar-refractivity contribution in [2.24, 2.45) is 0 Å². The van der Waals surface area contributed by atoms with Gasteiger partial charge in [0.1, 0.15) is 5.82 Å². The van der Waals surface area contributed by atoms with Crippen LogP contribution in [0.4, 0.5) is 5.82 Å². The lowest BCUT2D eigenvalue weighted by Crippen LogP contribution is -2.31. The van der Waals surface area contributed by atoms with Gasteiger partial charge < -0.3 is 10.0 Å². The Morgan fingerprint density at radius 3 is 2.53 bits per heavy atom. The van der Waals surface area contributed by atoms with E-state index < -0.39 is 6.10 Å². The standard InChI is InChI=1S/C12H20N2O/c1-5-14(9(2)3)12-8-11(10(4)15)6-7-13-12/h6-10,15H,5H2,1-4H3/t10-/m1/s1. The molecule has 0 saturated carbocycles. The fraction of sp³-hybridized carbons (Fsp3) is 0.583. The highest BCUT2D eigenvalue weighted by molar-refractivity contribution is 5.42. The smallest absolute Gasteiger partial charge is 0.129 e. The second-order valence-corrected chi connectivity index (χ2v) is 4.00. The first-order valence-corrected chi connectivity index (χ1v) is 5.47. The average Bonchev–Trinajstić information content (AvgIpc) is 2.18. The molecule has 0 aliphatic rings. The van der Waals surface area contributed by atoms with Crippen LogP contribution in [0, 0.1) is 0 Å². The minimum Gasteiger partial charge on any atom is -0.389 e. The highest BCUT2D eigenvalue weighted by Gasteiger charge is 2.11. The predicted molar refractivity (Wildman–Crippen MR) is 63.0 cm³/mol. The minimum atomic E-state index is -0.433. The van der Waals surface area contributed by atoms with Gasteiger partial charge in [0.05, 0.1) is 6.10 Å². The topological polar surface area (TPSA) is 36.4 Å². The van der Waals surface area contributed by atoms with E-state index in [9.17, 15) is 5.11 Å². The Bertz CT molecular complexity index is 310. The third-order valence-electron chi connectivity index (χ3n) is 2.51. The molecule has 0 saturated heterocycles. The molecule has 84 valence electrons. The summed E-state index contributed by atoms with van der Waals surface area (Å²) >= 11 is 0. The van der Waals surface area contributed by atoms with Crippen molar-refractivity contribution in [3.63, 3.8) is 0 Å². The van der Waals surface area contributed by atoms with E-state index >= 15 is 0 Å². The van der Waals surface area contributed by atoms with Gasteiger partial charge in [0.2, 0.25) is 0 Å². The molecule has 0 amide bonds. The molecule has 0 fully saturated rings. The molecule has 1 aromatic heterocycles. The van der Waals surface area contributed by atoms with Gasteiger partial charge in [0.25, 0.3) is 0 Å². The number of aromatic nitrogens is 1. The molecule has 0 aliphatic heterocycles. The summed E-state index contributed by atoms with van der Waals surface area (Å²) in [5.41, 5.74) is 0.916. The van der Waals surface area contributed by atoms with E-state index in [-0.39, 0.29) is 0 Å². The molecule has 0 aliphatic carbocycles. The van der Waals surface area contributed by atoms with E-state index in [1.54, 1.807) is 13.1 Å². The van der Waals surface area contributed by atoms with Crippen LogP contribution in [0.2, 0.25) is 0 Å². The SMILES string of the molecule is CCN(c1cc([C@@H](C)O)ccn1)C(C)C. The van der Waals surface area contributed by atoms with Gasteiger partial charge >= 0.3 is 0 Å². The van der Waals surface area contributed by atoms with Gasteiger partial charge in [-0.15, -0.1) is 0 Å². The molecule has 0 unspecified atom stereocenters. The summed E-state index contributed by atoms with van der Waals surface area (Å²) in [4.78, 5) is 6.53. The maximum absolute atomic E-state index is 9.49. The van der Waals surface area contributed by atoms with Crippen molar-refractivity contribution in [3.05, 3.63) is 23.9 Å². The molecule has 15 heavy (non-hydrogen) atoms. The number of pyridine rings is 1. The highest BCUT2D eigenvalue weighted by Crippen LogP contribution is 2.19. The molecule has 1 rings (SSSR count). The molecule has 1 aromatic rings. The molecule has 3 heteroatoms. The van der Waals surface area contributed by atoms with Crippen LogP contribution in [0.25, 0.3) is 0 Å². The molecular weight excluding hydrogens is 188 g/mol. The van der Waals surface area contributed by atoms with E-state index in [0.717, 1.165) is 17.9 Å². The van der Waals surface area contributed by atoms with Crippen molar-refractivity contribution < 1.29 is 5.11 Å². The first-order valence-electron chi connectivity index (χ1n) is 5.47. The van der Waals surface area contributed by atoms with Crippen molar-refractivity contribution in [2.45, 2.75) is 39.8 Å². The molecule has 1 atom stereocenters. The number of aliphatic hydroxyl groups excluding tert-OH is 1. The fourth-order valence-corrected chi connectivity index (χ4v) is 1.64. The van der Waals surface area contributed by atoms with Crippen molar-refractivity contribution in [3.8, 4) is 0 Å². The van der Waals surface area contributed by atoms with Crippen LogP contribution in [0.3, 0.4) is 0 Å². The van der Waals surface area contributed by atoms with E-state index in [0.29, 0.717) is 6.04 Å². The lowest BCUT2D eigenvalue weighted by atomic mass is 10.1. The number of aliphatic hydroxyl groups is 1. The summed E-state index contributed by atoms with van der Waals surface area (Å²) in [5.74, 6) is 0.936. The third-order valence-corrected chi connectivity index (χ3v) is 2.51. The zero-order valence-corrected chi connectivity index (χ0v) is 9.94. The van der Waals surface area contributed by atoms with Crippen molar-refractivity contribution in [1.29, 1.82) is 0 Å². The Morgan fingerprint density at radius 2 is 2.07 bits per heavy atom. The largest absolute Gasteiger partial charge is 0.389 e. The molecule has 0 bridgehead atoms. The molecular formula is C12H20N2O. The molecule has 1 heterocycles. The van der Waals surface area contributed by atoms with Gasteiger partial charge in [-0.1, -0.05) is 0 Å². The van der Waals surface area contributed by atoms with Crippen LogP contribution < -0.4 is 4.90 Å². The molecule has 0 spiro atoms. The summed E-state index contributed by atoms with van der Waals surface area (Å²) in [6, 6.07) is 4.22. The number of rotatable bonds is 4. The van der Waals surface area contributed by atoms with Crippen LogP contribution >= 0.6 is 0 Å². The quantitative estimate of drug-likeness (QED) is 0.825. The van der Waals surface area contributed by atoms with E-state index in [1.165, 1.54) is 0 Å². The molecule has 3 nitrogen and oxygen atoms in total. The van der Waals surface area contributed by atoms with Crippen molar-refractivity contribution >= 4 is 5.82 Å². The zero-order valence-electron chi connectivity index (χ0n) is 9.94. The Balaban J connectivity index is 2.98. The second kappa shape index (κ2) is 5.12. The number of hydrogen-bond donors (Lipinski definition) is 1. The third kappa shape index (κ3) is 2.93. The number of nitrogens with zero attached hydrogens (tertiary/aromatic N) is 2. The average molecular weight is 208 g/mol. The predicted octanol–water partition coefficient (Wildman–Crippen LogP) is 2.37. The minimum absolute atomic E-state index is 0.423. The maximum Gasteiger partial charge on any atom is 0.129 e. The Hall–Kier alpha value is -1.09. The Kier molecular flexibility index (Phi) is 4.09. The summed E-state index contributed by atoms with van der Waals surface area (Å²) < 4.78 is 0. The van der Waals surface area contributed by atoms with Crippen LogP contribution in [0.15, 0.2) is 18.3 Å². The Morgan fingerprint density at radius 1 is 1.40 bits per heavy atom. The highest BCUT2D eigenvalue weighted by atomic mass is 16.3. The Labute approximate surface area is 91.8 Å². The number of hydrogen-bond acceptors (Lipinski definition) is 3. The second-order valence-electron chi connectivity index (χ2n) is 4.00. The van der Waals surface area contributed by atoms with E-state index in [4.69, 9.17) is 0 Å². The molecule has 0 radical (unpaired) electrons. The van der Waals surface area contributed by atoms with E-state index in [1.807, 2.05) is 12.1 Å². The first-order chi connectivity index (χ1) is 7.06. The summed E-state index contributed by atoms with van der Waals surface area (Å²) in [6.45, 7) is 9.08. The lowest BCUT2D eigenvalue weighted by molar-refractivity contribution is 0.199. The van der Waals surface area contributed by atoms with Crippen LogP contribution in [-0.4, -0.2) is 22.7 Å². The van der Waals surface area contributed by atoms with Crippen molar-refractivity contribution in [1.82, 2.24) is 4.98 Å². The van der Waals surface area contributed by atoms with Gasteiger partial charge in [0.15, 0.2) is 0 Å². The van der Waals surface area contributed by atoms with Crippen molar-refractivity contribution in [2.75, 3.05) is 11.4 Å². The van der Waals surface area contributed by atoms with Crippen LogP contribution in [0.1, 0.15) is 39.4 Å². The lowest BCUT2D eigenvalue weighted by Gasteiger charge is -2.26. The fourth-order valence-electron chi connectivity index (χ4n) is 1.64. The van der Waals surface area contributed by atoms with Crippen LogP contribution in [-0.2, 0) is 0 Å². The normalized spacial score (nSPS) is 12.9. The summed E-state index contributed by atoms with van der Waals surface area (Å²) in [5, 5.41) is 9.49. The molecule has 1 N–H and O–H groups in total. The van der Waals surface area contributed by atoms with Gasteiger partial charge in [-0.25, -0.2) is 4.98 Å². The number of anilines is 1.